The van der Waals surface area contributed by atoms with E-state index < -0.39 is 0 Å². The first-order valence-electron chi connectivity index (χ1n) is 6.51. The molecule has 0 radical (unpaired) electrons. The van der Waals surface area contributed by atoms with Crippen LogP contribution in [0.15, 0.2) is 42.5 Å². The fourth-order valence-electron chi connectivity index (χ4n) is 2.34. The van der Waals surface area contributed by atoms with E-state index in [4.69, 9.17) is 28.9 Å². The second-order valence-electron chi connectivity index (χ2n) is 4.76. The van der Waals surface area contributed by atoms with Crippen molar-refractivity contribution in [2.24, 2.45) is 5.73 Å². The summed E-state index contributed by atoms with van der Waals surface area (Å²) in [4.78, 5) is 2.12. The van der Waals surface area contributed by atoms with Crippen molar-refractivity contribution in [3.63, 3.8) is 0 Å². The maximum Gasteiger partial charge on any atom is 0.0643 e. The Kier molecular flexibility index (Phi) is 4.92. The van der Waals surface area contributed by atoms with E-state index >= 15 is 0 Å². The molecule has 2 rings (SSSR count). The molecule has 0 spiro atoms. The Morgan fingerprint density at radius 1 is 1.05 bits per heavy atom. The van der Waals surface area contributed by atoms with Gasteiger partial charge >= 0.3 is 0 Å². The van der Waals surface area contributed by atoms with E-state index in [0.717, 1.165) is 21.8 Å². The van der Waals surface area contributed by atoms with Gasteiger partial charge in [-0.3, -0.25) is 0 Å². The molecule has 2 aromatic rings. The van der Waals surface area contributed by atoms with Crippen molar-refractivity contribution in [2.45, 2.75) is 19.5 Å². The molecule has 2 nitrogen and oxygen atoms in total. The van der Waals surface area contributed by atoms with Crippen LogP contribution in [0.4, 0.5) is 5.69 Å². The molecule has 2 N–H and O–H groups in total. The van der Waals surface area contributed by atoms with Gasteiger partial charge in [-0.05, 0) is 30.2 Å². The molecule has 0 aliphatic rings. The Morgan fingerprint density at radius 3 is 2.35 bits per heavy atom. The number of hydrogen-bond donors (Lipinski definition) is 1. The smallest absolute Gasteiger partial charge is 0.0643 e. The third kappa shape index (κ3) is 2.93. The Bertz CT molecular complexity index is 599. The lowest BCUT2D eigenvalue weighted by Crippen LogP contribution is -2.24. The van der Waals surface area contributed by atoms with E-state index in [-0.39, 0.29) is 6.04 Å². The summed E-state index contributed by atoms with van der Waals surface area (Å²) < 4.78 is 0. The van der Waals surface area contributed by atoms with Crippen LogP contribution in [0.3, 0.4) is 0 Å². The predicted octanol–water partition coefficient (Wildman–Crippen LogP) is 4.65. The van der Waals surface area contributed by atoms with Crippen LogP contribution in [0.25, 0.3) is 0 Å². The molecule has 106 valence electrons. The van der Waals surface area contributed by atoms with Crippen molar-refractivity contribution < 1.29 is 0 Å². The van der Waals surface area contributed by atoms with Gasteiger partial charge < -0.3 is 10.6 Å². The molecular weight excluding hydrogens is 291 g/mol. The molecule has 0 fully saturated rings. The number of nitrogens with zero attached hydrogens (tertiary/aromatic N) is 1. The second-order valence-corrected chi connectivity index (χ2v) is 5.57. The van der Waals surface area contributed by atoms with Crippen LogP contribution in [-0.4, -0.2) is 7.05 Å². The Labute approximate surface area is 130 Å². The number of benzene rings is 2. The van der Waals surface area contributed by atoms with Crippen LogP contribution >= 0.6 is 23.2 Å². The third-order valence-electron chi connectivity index (χ3n) is 3.58. The maximum absolute atomic E-state index is 6.34. The molecule has 1 unspecified atom stereocenters. The Hall–Kier alpha value is -1.22. The lowest BCUT2D eigenvalue weighted by molar-refractivity contribution is 0.735. The molecular formula is C16H18Cl2N2. The second kappa shape index (κ2) is 6.49. The largest absolute Gasteiger partial charge is 0.366 e. The normalized spacial score (nSPS) is 12.2. The number of para-hydroxylation sites is 1. The molecule has 2 aromatic carbocycles. The number of hydrogen-bond acceptors (Lipinski definition) is 2. The van der Waals surface area contributed by atoms with Crippen LogP contribution in [-0.2, 0) is 6.54 Å². The van der Waals surface area contributed by atoms with Crippen LogP contribution in [0, 0.1) is 0 Å². The summed E-state index contributed by atoms with van der Waals surface area (Å²) in [5, 5.41) is 1.46. The van der Waals surface area contributed by atoms with Gasteiger partial charge in [0.1, 0.15) is 0 Å². The van der Waals surface area contributed by atoms with Gasteiger partial charge in [-0.2, -0.15) is 0 Å². The molecule has 4 heteroatoms. The van der Waals surface area contributed by atoms with Gasteiger partial charge in [0, 0.05) is 18.6 Å². The van der Waals surface area contributed by atoms with Gasteiger partial charge in [-0.1, -0.05) is 53.5 Å². The molecule has 0 aromatic heterocycles. The van der Waals surface area contributed by atoms with E-state index in [1.165, 1.54) is 0 Å². The van der Waals surface area contributed by atoms with Gasteiger partial charge in [0.2, 0.25) is 0 Å². The fraction of sp³-hybridized carbons (Fsp3) is 0.250. The molecule has 0 heterocycles. The summed E-state index contributed by atoms with van der Waals surface area (Å²) in [6, 6.07) is 13.8. The van der Waals surface area contributed by atoms with E-state index in [9.17, 15) is 0 Å². The van der Waals surface area contributed by atoms with Gasteiger partial charge in [0.25, 0.3) is 0 Å². The van der Waals surface area contributed by atoms with Gasteiger partial charge in [0.05, 0.1) is 16.8 Å². The minimum Gasteiger partial charge on any atom is -0.366 e. The molecule has 20 heavy (non-hydrogen) atoms. The molecule has 0 bridgehead atoms. The standard InChI is InChI=1S/C16H18Cl2N2/c1-11(13-7-3-4-8-14(13)17)20(2)16-12(10-19)6-5-9-15(16)18/h3-9,11H,10,19H2,1-2H3. The summed E-state index contributed by atoms with van der Waals surface area (Å²) in [5.74, 6) is 0. The van der Waals surface area contributed by atoms with Crippen LogP contribution in [0.5, 0.6) is 0 Å². The first-order valence-corrected chi connectivity index (χ1v) is 7.26. The van der Waals surface area contributed by atoms with E-state index in [0.29, 0.717) is 11.6 Å². The van der Waals surface area contributed by atoms with Crippen LogP contribution < -0.4 is 10.6 Å². The van der Waals surface area contributed by atoms with Crippen molar-refractivity contribution in [3.8, 4) is 0 Å². The number of nitrogens with two attached hydrogens (primary N) is 1. The zero-order chi connectivity index (χ0) is 14.7. The molecule has 0 aliphatic carbocycles. The van der Waals surface area contributed by atoms with Crippen LogP contribution in [0.1, 0.15) is 24.1 Å². The van der Waals surface area contributed by atoms with Crippen molar-refractivity contribution in [1.82, 2.24) is 0 Å². The summed E-state index contributed by atoms with van der Waals surface area (Å²) in [6.07, 6.45) is 0. The lowest BCUT2D eigenvalue weighted by Gasteiger charge is -2.30. The Morgan fingerprint density at radius 2 is 1.70 bits per heavy atom. The zero-order valence-corrected chi connectivity index (χ0v) is 13.1. The molecule has 1 atom stereocenters. The highest BCUT2D eigenvalue weighted by atomic mass is 35.5. The monoisotopic (exact) mass is 308 g/mol. The highest BCUT2D eigenvalue weighted by Crippen LogP contribution is 2.36. The SMILES string of the molecule is CC(c1ccccc1Cl)N(C)c1c(Cl)cccc1CN. The minimum absolute atomic E-state index is 0.105. The summed E-state index contributed by atoms with van der Waals surface area (Å²) >= 11 is 12.6. The minimum atomic E-state index is 0.105. The van der Waals surface area contributed by atoms with Gasteiger partial charge in [-0.25, -0.2) is 0 Å². The summed E-state index contributed by atoms with van der Waals surface area (Å²) in [5.41, 5.74) is 8.87. The lowest BCUT2D eigenvalue weighted by atomic mass is 10.0. The third-order valence-corrected chi connectivity index (χ3v) is 4.23. The quantitative estimate of drug-likeness (QED) is 0.891. The van der Waals surface area contributed by atoms with Crippen molar-refractivity contribution in [2.75, 3.05) is 11.9 Å². The topological polar surface area (TPSA) is 29.3 Å². The zero-order valence-electron chi connectivity index (χ0n) is 11.6. The maximum atomic E-state index is 6.34. The van der Waals surface area contributed by atoms with Crippen molar-refractivity contribution in [3.05, 3.63) is 63.6 Å². The average Bonchev–Trinajstić information content (AvgIpc) is 2.46. The van der Waals surface area contributed by atoms with E-state index in [1.807, 2.05) is 49.5 Å². The van der Waals surface area contributed by atoms with Crippen molar-refractivity contribution >= 4 is 28.9 Å². The molecule has 0 saturated carbocycles. The summed E-state index contributed by atoms with van der Waals surface area (Å²) in [7, 11) is 2.01. The van der Waals surface area contributed by atoms with E-state index in [1.54, 1.807) is 0 Å². The van der Waals surface area contributed by atoms with E-state index in [2.05, 4.69) is 11.8 Å². The Balaban J connectivity index is 2.41. The fourth-order valence-corrected chi connectivity index (χ4v) is 2.96. The highest BCUT2D eigenvalue weighted by molar-refractivity contribution is 6.33. The number of halogens is 2. The summed E-state index contributed by atoms with van der Waals surface area (Å²) in [6.45, 7) is 2.56. The van der Waals surface area contributed by atoms with Gasteiger partial charge in [0.15, 0.2) is 0 Å². The van der Waals surface area contributed by atoms with Gasteiger partial charge in [-0.15, -0.1) is 0 Å². The number of rotatable bonds is 4. The first kappa shape index (κ1) is 15.2. The molecule has 0 aliphatic heterocycles. The van der Waals surface area contributed by atoms with Crippen molar-refractivity contribution in [1.29, 1.82) is 0 Å². The highest BCUT2D eigenvalue weighted by Gasteiger charge is 2.19. The first-order chi connectivity index (χ1) is 9.56. The molecule has 0 saturated heterocycles. The predicted molar refractivity (Wildman–Crippen MR) is 87.6 cm³/mol. The molecule has 0 amide bonds. The van der Waals surface area contributed by atoms with Crippen LogP contribution in [0.2, 0.25) is 10.0 Å². The average molecular weight is 309 g/mol. The number of anilines is 1.